The lowest BCUT2D eigenvalue weighted by Gasteiger charge is -2.30. The molecule has 1 fully saturated rings. The van der Waals surface area contributed by atoms with Crippen molar-refractivity contribution in [2.75, 3.05) is 13.1 Å². The van der Waals surface area contributed by atoms with E-state index in [1.54, 1.807) is 6.08 Å². The van der Waals surface area contributed by atoms with Gasteiger partial charge >= 0.3 is 0 Å². The van der Waals surface area contributed by atoms with Crippen LogP contribution in [-0.4, -0.2) is 35.7 Å². The fourth-order valence-corrected chi connectivity index (χ4v) is 2.62. The zero-order valence-electron chi connectivity index (χ0n) is 13.2. The van der Waals surface area contributed by atoms with E-state index < -0.39 is 0 Å². The molecule has 3 nitrogen and oxygen atoms in total. The van der Waals surface area contributed by atoms with E-state index in [1.165, 1.54) is 25.7 Å². The maximum atomic E-state index is 12.1. The minimum absolute atomic E-state index is 0.337. The lowest BCUT2D eigenvalue weighted by atomic mass is 10.0. The van der Waals surface area contributed by atoms with Crippen molar-refractivity contribution in [2.24, 2.45) is 4.99 Å². The summed E-state index contributed by atoms with van der Waals surface area (Å²) in [6, 6.07) is 0.376. The summed E-state index contributed by atoms with van der Waals surface area (Å²) in [7, 11) is 0. The Balaban J connectivity index is 2.20. The zero-order valence-corrected chi connectivity index (χ0v) is 13.2. The maximum absolute atomic E-state index is 12.1. The van der Waals surface area contributed by atoms with E-state index in [-0.39, 0.29) is 0 Å². The van der Waals surface area contributed by atoms with Gasteiger partial charge in [0, 0.05) is 25.2 Å². The summed E-state index contributed by atoms with van der Waals surface area (Å²) in [6.45, 7) is 9.66. The van der Waals surface area contributed by atoms with Crippen LogP contribution in [0.5, 0.6) is 0 Å². The average molecular weight is 278 g/mol. The molecule has 20 heavy (non-hydrogen) atoms. The van der Waals surface area contributed by atoms with Crippen LogP contribution in [0, 0.1) is 0 Å². The highest BCUT2D eigenvalue weighted by atomic mass is 16.2. The summed E-state index contributed by atoms with van der Waals surface area (Å²) >= 11 is 0. The zero-order chi connectivity index (χ0) is 14.8. The molecule has 0 spiro atoms. The molecule has 0 unspecified atom stereocenters. The number of likely N-dealkylation sites (tertiary alicyclic amines) is 1. The average Bonchev–Trinajstić information content (AvgIpc) is 2.47. The van der Waals surface area contributed by atoms with Crippen molar-refractivity contribution in [1.29, 1.82) is 0 Å². The third-order valence-corrected chi connectivity index (χ3v) is 3.99. The Morgan fingerprint density at radius 1 is 1.25 bits per heavy atom. The third-order valence-electron chi connectivity index (χ3n) is 3.99. The summed E-state index contributed by atoms with van der Waals surface area (Å²) in [5, 5.41) is 0. The molecule has 1 rings (SSSR count). The third kappa shape index (κ3) is 6.36. The van der Waals surface area contributed by atoms with Crippen molar-refractivity contribution >= 4 is 11.6 Å². The first-order chi connectivity index (χ1) is 9.67. The number of allylic oxidation sites excluding steroid dienone is 1. The van der Waals surface area contributed by atoms with Gasteiger partial charge in [-0.15, -0.1) is 0 Å². The van der Waals surface area contributed by atoms with Crippen molar-refractivity contribution in [3.05, 3.63) is 12.7 Å². The van der Waals surface area contributed by atoms with Crippen molar-refractivity contribution in [2.45, 2.75) is 71.3 Å². The highest BCUT2D eigenvalue weighted by molar-refractivity contribution is 5.92. The number of amides is 1. The Kier molecular flexibility index (Phi) is 8.24. The highest BCUT2D eigenvalue weighted by Gasteiger charge is 2.21. The van der Waals surface area contributed by atoms with Gasteiger partial charge in [0.1, 0.15) is 0 Å². The number of piperidine rings is 1. The minimum Gasteiger partial charge on any atom is -0.343 e. The maximum Gasteiger partial charge on any atom is 0.222 e. The molecule has 1 saturated heterocycles. The van der Waals surface area contributed by atoms with E-state index in [9.17, 15) is 4.79 Å². The Morgan fingerprint density at radius 2 is 1.90 bits per heavy atom. The van der Waals surface area contributed by atoms with Gasteiger partial charge in [-0.1, -0.05) is 39.2 Å². The number of carbonyl (C=O) groups is 1. The molecule has 0 N–H and O–H groups in total. The van der Waals surface area contributed by atoms with Crippen LogP contribution in [0.4, 0.5) is 0 Å². The topological polar surface area (TPSA) is 32.7 Å². The van der Waals surface area contributed by atoms with E-state index in [0.717, 1.165) is 44.5 Å². The number of carbonyl (C=O) groups excluding carboxylic acids is 1. The number of unbranched alkanes of at least 4 members (excludes halogenated alkanes) is 4. The summed E-state index contributed by atoms with van der Waals surface area (Å²) in [6.07, 6.45) is 10.6. The molecular weight excluding hydrogens is 248 g/mol. The van der Waals surface area contributed by atoms with Crippen molar-refractivity contribution in [3.8, 4) is 0 Å². The first-order valence-electron chi connectivity index (χ1n) is 8.12. The molecule has 0 bridgehead atoms. The molecule has 0 aromatic carbocycles. The molecule has 0 aliphatic carbocycles. The van der Waals surface area contributed by atoms with Gasteiger partial charge in [-0.2, -0.15) is 0 Å². The smallest absolute Gasteiger partial charge is 0.222 e. The van der Waals surface area contributed by atoms with Gasteiger partial charge in [0.25, 0.3) is 0 Å². The molecule has 1 amide bonds. The summed E-state index contributed by atoms with van der Waals surface area (Å²) in [4.78, 5) is 18.7. The number of hydrogen-bond acceptors (Lipinski definition) is 2. The van der Waals surface area contributed by atoms with E-state index in [1.807, 2.05) is 11.8 Å². The summed E-state index contributed by atoms with van der Waals surface area (Å²) in [5.41, 5.74) is 1.01. The van der Waals surface area contributed by atoms with Crippen LogP contribution in [0.1, 0.15) is 65.2 Å². The number of hydrogen-bond donors (Lipinski definition) is 0. The molecule has 0 saturated carbocycles. The van der Waals surface area contributed by atoms with Gasteiger partial charge in [0.2, 0.25) is 5.91 Å². The van der Waals surface area contributed by atoms with E-state index >= 15 is 0 Å². The first-order valence-corrected chi connectivity index (χ1v) is 8.12. The molecule has 0 aromatic rings. The minimum atomic E-state index is 0.337. The van der Waals surface area contributed by atoms with Crippen molar-refractivity contribution in [1.82, 2.24) is 4.90 Å². The second-order valence-corrected chi connectivity index (χ2v) is 5.75. The lowest BCUT2D eigenvalue weighted by molar-refractivity contribution is -0.132. The van der Waals surface area contributed by atoms with Gasteiger partial charge in [-0.05, 0) is 32.3 Å². The molecule has 1 heterocycles. The van der Waals surface area contributed by atoms with Crippen LogP contribution in [0.2, 0.25) is 0 Å². The van der Waals surface area contributed by atoms with Crippen molar-refractivity contribution < 1.29 is 4.79 Å². The summed E-state index contributed by atoms with van der Waals surface area (Å²) in [5.74, 6) is 0.337. The lowest BCUT2D eigenvalue weighted by Crippen LogP contribution is -2.39. The SMILES string of the molecule is C=CC(C)=NC1CCN(C(=O)CCCCCCC)CC1. The molecule has 1 aliphatic heterocycles. The van der Waals surface area contributed by atoms with Crippen LogP contribution in [0.3, 0.4) is 0 Å². The summed E-state index contributed by atoms with van der Waals surface area (Å²) < 4.78 is 0. The monoisotopic (exact) mass is 278 g/mol. The predicted octanol–water partition coefficient (Wildman–Crippen LogP) is 3.98. The largest absolute Gasteiger partial charge is 0.343 e. The molecule has 0 radical (unpaired) electrons. The number of rotatable bonds is 8. The second-order valence-electron chi connectivity index (χ2n) is 5.75. The standard InChI is InChI=1S/C17H30N2O/c1-4-6-7-8-9-10-17(20)19-13-11-16(12-14-19)18-15(3)5-2/h5,16H,2,4,6-14H2,1,3H3. The molecular formula is C17H30N2O. The Labute approximate surface area is 124 Å². The second kappa shape index (κ2) is 9.73. The molecule has 0 aromatic heterocycles. The molecule has 1 aliphatic rings. The van der Waals surface area contributed by atoms with E-state index in [4.69, 9.17) is 0 Å². The van der Waals surface area contributed by atoms with Crippen LogP contribution < -0.4 is 0 Å². The van der Waals surface area contributed by atoms with E-state index in [0.29, 0.717) is 11.9 Å². The van der Waals surface area contributed by atoms with E-state index in [2.05, 4.69) is 18.5 Å². The van der Waals surface area contributed by atoms with Crippen molar-refractivity contribution in [3.63, 3.8) is 0 Å². The van der Waals surface area contributed by atoms with Crippen LogP contribution in [0.15, 0.2) is 17.6 Å². The Morgan fingerprint density at radius 3 is 2.50 bits per heavy atom. The highest BCUT2D eigenvalue weighted by Crippen LogP contribution is 2.16. The normalized spacial score (nSPS) is 17.3. The van der Waals surface area contributed by atoms with Crippen LogP contribution >= 0.6 is 0 Å². The molecule has 0 atom stereocenters. The Bertz CT molecular complexity index is 328. The quantitative estimate of drug-likeness (QED) is 0.488. The fourth-order valence-electron chi connectivity index (χ4n) is 2.62. The Hall–Kier alpha value is -1.12. The molecule has 3 heteroatoms. The fraction of sp³-hybridized carbons (Fsp3) is 0.765. The van der Waals surface area contributed by atoms with Gasteiger partial charge in [-0.25, -0.2) is 0 Å². The van der Waals surface area contributed by atoms with Gasteiger partial charge in [0.15, 0.2) is 0 Å². The van der Waals surface area contributed by atoms with Gasteiger partial charge in [0.05, 0.1) is 6.04 Å². The number of aliphatic imine (C=N–C) groups is 1. The van der Waals surface area contributed by atoms with Crippen LogP contribution in [-0.2, 0) is 4.79 Å². The molecule has 114 valence electrons. The first kappa shape index (κ1) is 16.9. The number of nitrogens with zero attached hydrogens (tertiary/aromatic N) is 2. The van der Waals surface area contributed by atoms with Crippen LogP contribution in [0.25, 0.3) is 0 Å². The van der Waals surface area contributed by atoms with Gasteiger partial charge in [-0.3, -0.25) is 9.79 Å². The predicted molar refractivity (Wildman–Crippen MR) is 86.3 cm³/mol. The van der Waals surface area contributed by atoms with Gasteiger partial charge < -0.3 is 4.90 Å².